The molecule has 1 rings (SSSR count). The van der Waals surface area contributed by atoms with E-state index in [1.54, 1.807) is 0 Å². The number of hydrogen-bond donors (Lipinski definition) is 1. The van der Waals surface area contributed by atoms with Crippen molar-refractivity contribution in [2.45, 2.75) is 32.4 Å². The van der Waals surface area contributed by atoms with Gasteiger partial charge in [0.05, 0.1) is 7.11 Å². The molecule has 0 amide bonds. The molecule has 88 valence electrons. The van der Waals surface area contributed by atoms with Crippen LogP contribution in [-0.2, 0) is 15.1 Å². The zero-order valence-electron chi connectivity index (χ0n) is 10.3. The van der Waals surface area contributed by atoms with Crippen LogP contribution < -0.4 is 5.32 Å². The molecule has 0 radical (unpaired) electrons. The molecule has 0 aliphatic rings. The fourth-order valence-electron chi connectivity index (χ4n) is 1.81. The number of methoxy groups -OCH3 is 1. The fourth-order valence-corrected chi connectivity index (χ4v) is 1.81. The van der Waals surface area contributed by atoms with Crippen LogP contribution in [0.25, 0.3) is 0 Å². The Labute approximate surface area is 96.8 Å². The lowest BCUT2D eigenvalue weighted by Crippen LogP contribution is -2.50. The molecule has 1 aromatic carbocycles. The minimum absolute atomic E-state index is 0.198. The molecule has 1 aromatic rings. The highest BCUT2D eigenvalue weighted by Crippen LogP contribution is 2.22. The molecular formula is C13H19NO2. The highest BCUT2D eigenvalue weighted by molar-refractivity contribution is 5.82. The summed E-state index contributed by atoms with van der Waals surface area (Å²) in [7, 11) is 1.41. The molecule has 0 fully saturated rings. The number of esters is 1. The first-order valence-electron chi connectivity index (χ1n) is 5.42. The summed E-state index contributed by atoms with van der Waals surface area (Å²) in [6.45, 7) is 5.85. The van der Waals surface area contributed by atoms with E-state index < -0.39 is 5.54 Å². The first-order valence-corrected chi connectivity index (χ1v) is 5.42. The van der Waals surface area contributed by atoms with Gasteiger partial charge in [0.1, 0.15) is 5.54 Å². The molecule has 3 nitrogen and oxygen atoms in total. The largest absolute Gasteiger partial charge is 0.467 e. The molecule has 1 unspecified atom stereocenters. The summed E-state index contributed by atoms with van der Waals surface area (Å²) < 4.78 is 4.87. The SMILES string of the molecule is COC(=O)C(C)(NC(C)C)c1ccccc1. The Morgan fingerprint density at radius 1 is 1.31 bits per heavy atom. The Kier molecular flexibility index (Phi) is 4.07. The van der Waals surface area contributed by atoms with Crippen LogP contribution >= 0.6 is 0 Å². The van der Waals surface area contributed by atoms with Gasteiger partial charge in [0.15, 0.2) is 0 Å². The second-order valence-corrected chi connectivity index (χ2v) is 4.28. The number of hydrogen-bond acceptors (Lipinski definition) is 3. The summed E-state index contributed by atoms with van der Waals surface area (Å²) in [5, 5.41) is 3.25. The molecule has 0 saturated carbocycles. The van der Waals surface area contributed by atoms with Gasteiger partial charge in [-0.1, -0.05) is 30.3 Å². The fraction of sp³-hybridized carbons (Fsp3) is 0.462. The van der Waals surface area contributed by atoms with Crippen LogP contribution in [0.3, 0.4) is 0 Å². The maximum Gasteiger partial charge on any atom is 0.330 e. The van der Waals surface area contributed by atoms with E-state index in [4.69, 9.17) is 4.74 Å². The average Bonchev–Trinajstić information content (AvgIpc) is 2.28. The Morgan fingerprint density at radius 2 is 1.88 bits per heavy atom. The minimum Gasteiger partial charge on any atom is -0.467 e. The van der Waals surface area contributed by atoms with Crippen LogP contribution in [-0.4, -0.2) is 19.1 Å². The minimum atomic E-state index is -0.788. The van der Waals surface area contributed by atoms with E-state index in [0.717, 1.165) is 5.56 Å². The van der Waals surface area contributed by atoms with Gasteiger partial charge in [-0.3, -0.25) is 5.32 Å². The molecule has 0 spiro atoms. The smallest absolute Gasteiger partial charge is 0.330 e. The molecule has 0 heterocycles. The number of ether oxygens (including phenoxy) is 1. The van der Waals surface area contributed by atoms with Gasteiger partial charge in [-0.2, -0.15) is 0 Å². The molecule has 3 heteroatoms. The summed E-state index contributed by atoms with van der Waals surface area (Å²) in [6.07, 6.45) is 0. The van der Waals surface area contributed by atoms with E-state index in [2.05, 4.69) is 5.32 Å². The third kappa shape index (κ3) is 2.61. The lowest BCUT2D eigenvalue weighted by atomic mass is 9.91. The molecule has 1 atom stereocenters. The standard InChI is InChI=1S/C13H19NO2/c1-10(2)14-13(3,12(15)16-4)11-8-6-5-7-9-11/h5-10,14H,1-4H3. The van der Waals surface area contributed by atoms with Crippen molar-refractivity contribution in [1.29, 1.82) is 0 Å². The Bertz CT molecular complexity index is 348. The van der Waals surface area contributed by atoms with Crippen LogP contribution in [0.5, 0.6) is 0 Å². The zero-order chi connectivity index (χ0) is 12.2. The van der Waals surface area contributed by atoms with Gasteiger partial charge in [-0.25, -0.2) is 4.79 Å². The number of carbonyl (C=O) groups is 1. The van der Waals surface area contributed by atoms with Crippen molar-refractivity contribution in [2.75, 3.05) is 7.11 Å². The average molecular weight is 221 g/mol. The van der Waals surface area contributed by atoms with Crippen LogP contribution in [0.4, 0.5) is 0 Å². The summed E-state index contributed by atoms with van der Waals surface area (Å²) >= 11 is 0. The van der Waals surface area contributed by atoms with Crippen molar-refractivity contribution in [3.05, 3.63) is 35.9 Å². The zero-order valence-corrected chi connectivity index (χ0v) is 10.3. The van der Waals surface area contributed by atoms with E-state index in [1.165, 1.54) is 7.11 Å². The van der Waals surface area contributed by atoms with Crippen molar-refractivity contribution in [3.8, 4) is 0 Å². The monoisotopic (exact) mass is 221 g/mol. The molecule has 0 bridgehead atoms. The van der Waals surface area contributed by atoms with Crippen LogP contribution in [0.2, 0.25) is 0 Å². The normalized spacial score (nSPS) is 14.6. The Balaban J connectivity index is 3.09. The van der Waals surface area contributed by atoms with Crippen molar-refractivity contribution < 1.29 is 9.53 Å². The second kappa shape index (κ2) is 5.12. The lowest BCUT2D eigenvalue weighted by molar-refractivity contribution is -0.148. The maximum atomic E-state index is 11.9. The second-order valence-electron chi connectivity index (χ2n) is 4.28. The quantitative estimate of drug-likeness (QED) is 0.791. The lowest BCUT2D eigenvalue weighted by Gasteiger charge is -2.30. The summed E-state index contributed by atoms with van der Waals surface area (Å²) in [5.41, 5.74) is 0.125. The molecule has 16 heavy (non-hydrogen) atoms. The summed E-state index contributed by atoms with van der Waals surface area (Å²) in [4.78, 5) is 11.9. The van der Waals surface area contributed by atoms with E-state index in [0.29, 0.717) is 0 Å². The topological polar surface area (TPSA) is 38.3 Å². The number of benzene rings is 1. The van der Waals surface area contributed by atoms with Crippen LogP contribution in [0.1, 0.15) is 26.3 Å². The van der Waals surface area contributed by atoms with E-state index in [1.807, 2.05) is 51.1 Å². The highest BCUT2D eigenvalue weighted by Gasteiger charge is 2.36. The Hall–Kier alpha value is -1.35. The third-order valence-corrected chi connectivity index (χ3v) is 2.52. The van der Waals surface area contributed by atoms with Gasteiger partial charge >= 0.3 is 5.97 Å². The predicted octanol–water partition coefficient (Wildman–Crippen LogP) is 2.07. The third-order valence-electron chi connectivity index (χ3n) is 2.52. The molecular weight excluding hydrogens is 202 g/mol. The predicted molar refractivity (Wildman–Crippen MR) is 64.1 cm³/mol. The van der Waals surface area contributed by atoms with Gasteiger partial charge in [0.25, 0.3) is 0 Å². The molecule has 0 aliphatic carbocycles. The van der Waals surface area contributed by atoms with Crippen LogP contribution in [0.15, 0.2) is 30.3 Å². The van der Waals surface area contributed by atoms with Crippen molar-refractivity contribution in [1.82, 2.24) is 5.32 Å². The Morgan fingerprint density at radius 3 is 2.31 bits per heavy atom. The van der Waals surface area contributed by atoms with Gasteiger partial charge in [-0.15, -0.1) is 0 Å². The first kappa shape index (κ1) is 12.7. The molecule has 0 aliphatic heterocycles. The number of rotatable bonds is 4. The maximum absolute atomic E-state index is 11.9. The van der Waals surface area contributed by atoms with Crippen molar-refractivity contribution in [3.63, 3.8) is 0 Å². The molecule has 0 aromatic heterocycles. The van der Waals surface area contributed by atoms with E-state index in [9.17, 15) is 4.79 Å². The molecule has 0 saturated heterocycles. The number of nitrogens with one attached hydrogen (secondary N) is 1. The van der Waals surface area contributed by atoms with Crippen LogP contribution in [0, 0.1) is 0 Å². The summed E-state index contributed by atoms with van der Waals surface area (Å²) in [6, 6.07) is 9.80. The highest BCUT2D eigenvalue weighted by atomic mass is 16.5. The van der Waals surface area contributed by atoms with Gasteiger partial charge in [0.2, 0.25) is 0 Å². The summed E-state index contributed by atoms with van der Waals surface area (Å²) in [5.74, 6) is -0.271. The molecule has 1 N–H and O–H groups in total. The van der Waals surface area contributed by atoms with Crippen molar-refractivity contribution in [2.24, 2.45) is 0 Å². The van der Waals surface area contributed by atoms with E-state index in [-0.39, 0.29) is 12.0 Å². The van der Waals surface area contributed by atoms with Gasteiger partial charge in [0, 0.05) is 6.04 Å². The van der Waals surface area contributed by atoms with Gasteiger partial charge < -0.3 is 4.74 Å². The van der Waals surface area contributed by atoms with Crippen molar-refractivity contribution >= 4 is 5.97 Å². The number of carbonyl (C=O) groups excluding carboxylic acids is 1. The van der Waals surface area contributed by atoms with E-state index >= 15 is 0 Å². The van der Waals surface area contributed by atoms with Gasteiger partial charge in [-0.05, 0) is 26.3 Å². The first-order chi connectivity index (χ1) is 7.50.